The van der Waals surface area contributed by atoms with Crippen LogP contribution in [0.5, 0.6) is 5.75 Å². The van der Waals surface area contributed by atoms with Crippen LogP contribution < -0.4 is 15.6 Å². The van der Waals surface area contributed by atoms with Crippen molar-refractivity contribution in [3.05, 3.63) is 53.1 Å². The minimum Gasteiger partial charge on any atom is -0.497 e. The number of nitrogens with zero attached hydrogens (tertiary/aromatic N) is 1. The SMILES string of the molecule is COc1ccc(C(=O)NNc2nc3cc(C)cc(C)c3s2)cc1. The summed E-state index contributed by atoms with van der Waals surface area (Å²) in [6.45, 7) is 4.11. The van der Waals surface area contributed by atoms with Crippen LogP contribution in [0.25, 0.3) is 10.2 Å². The molecule has 0 bridgehead atoms. The summed E-state index contributed by atoms with van der Waals surface area (Å²) in [4.78, 5) is 16.6. The number of aromatic nitrogens is 1. The van der Waals surface area contributed by atoms with Crippen LogP contribution in [0.2, 0.25) is 0 Å². The van der Waals surface area contributed by atoms with E-state index in [0.29, 0.717) is 16.4 Å². The molecule has 2 aromatic carbocycles. The lowest BCUT2D eigenvalue weighted by atomic mass is 10.1. The number of fused-ring (bicyclic) bond motifs is 1. The number of aryl methyl sites for hydroxylation is 2. The monoisotopic (exact) mass is 327 g/mol. The maximum Gasteiger partial charge on any atom is 0.269 e. The molecular weight excluding hydrogens is 310 g/mol. The Labute approximate surface area is 138 Å². The van der Waals surface area contributed by atoms with Crippen molar-refractivity contribution in [2.75, 3.05) is 12.5 Å². The first kappa shape index (κ1) is 15.3. The van der Waals surface area contributed by atoms with Crippen LogP contribution in [0.4, 0.5) is 5.13 Å². The first-order valence-electron chi connectivity index (χ1n) is 7.15. The number of hydrazine groups is 1. The lowest BCUT2D eigenvalue weighted by molar-refractivity contribution is 0.0962. The highest BCUT2D eigenvalue weighted by molar-refractivity contribution is 7.22. The largest absolute Gasteiger partial charge is 0.497 e. The molecule has 23 heavy (non-hydrogen) atoms. The molecule has 5 nitrogen and oxygen atoms in total. The lowest BCUT2D eigenvalue weighted by Gasteiger charge is -2.06. The Hall–Kier alpha value is -2.60. The summed E-state index contributed by atoms with van der Waals surface area (Å²) in [5.41, 5.74) is 9.40. The third-order valence-corrected chi connectivity index (χ3v) is 4.58. The topological polar surface area (TPSA) is 63.2 Å². The lowest BCUT2D eigenvalue weighted by Crippen LogP contribution is -2.29. The number of nitrogens with one attached hydrogen (secondary N) is 2. The molecule has 0 saturated carbocycles. The van der Waals surface area contributed by atoms with E-state index < -0.39 is 0 Å². The molecule has 0 radical (unpaired) electrons. The molecule has 6 heteroatoms. The number of ether oxygens (including phenoxy) is 1. The molecule has 0 aliphatic rings. The Morgan fingerprint density at radius 1 is 1.17 bits per heavy atom. The normalized spacial score (nSPS) is 10.6. The molecular formula is C17H17N3O2S. The molecule has 0 saturated heterocycles. The predicted octanol–water partition coefficient (Wildman–Crippen LogP) is 3.68. The Kier molecular flexibility index (Phi) is 4.16. The van der Waals surface area contributed by atoms with Crippen molar-refractivity contribution in [3.63, 3.8) is 0 Å². The Balaban J connectivity index is 1.72. The third-order valence-electron chi connectivity index (χ3n) is 3.46. The van der Waals surface area contributed by atoms with Gasteiger partial charge in [-0.15, -0.1) is 0 Å². The number of rotatable bonds is 4. The smallest absolute Gasteiger partial charge is 0.269 e. The predicted molar refractivity (Wildman–Crippen MR) is 93.2 cm³/mol. The zero-order valence-electron chi connectivity index (χ0n) is 13.1. The van der Waals surface area contributed by atoms with Gasteiger partial charge in [-0.05, 0) is 55.3 Å². The van der Waals surface area contributed by atoms with E-state index in [1.54, 1.807) is 31.4 Å². The quantitative estimate of drug-likeness (QED) is 0.718. The minimum absolute atomic E-state index is 0.222. The molecule has 3 aromatic rings. The Bertz CT molecular complexity index is 856. The third kappa shape index (κ3) is 3.27. The summed E-state index contributed by atoms with van der Waals surface area (Å²) in [5.74, 6) is 0.492. The van der Waals surface area contributed by atoms with Gasteiger partial charge < -0.3 is 4.74 Å². The van der Waals surface area contributed by atoms with E-state index in [9.17, 15) is 4.79 Å². The van der Waals surface area contributed by atoms with Crippen molar-refractivity contribution in [3.8, 4) is 5.75 Å². The van der Waals surface area contributed by atoms with Gasteiger partial charge in [0.05, 0.1) is 17.3 Å². The maximum atomic E-state index is 12.1. The van der Waals surface area contributed by atoms with Gasteiger partial charge in [0.1, 0.15) is 5.75 Å². The second kappa shape index (κ2) is 6.26. The molecule has 1 aromatic heterocycles. The van der Waals surface area contributed by atoms with Crippen molar-refractivity contribution in [1.82, 2.24) is 10.4 Å². The molecule has 0 aliphatic carbocycles. The van der Waals surface area contributed by atoms with Gasteiger partial charge in [0.25, 0.3) is 5.91 Å². The molecule has 0 unspecified atom stereocenters. The van der Waals surface area contributed by atoms with E-state index in [0.717, 1.165) is 10.2 Å². The number of carbonyl (C=O) groups is 1. The summed E-state index contributed by atoms with van der Waals surface area (Å²) in [6, 6.07) is 11.1. The van der Waals surface area contributed by atoms with Gasteiger partial charge in [0, 0.05) is 5.56 Å². The fourth-order valence-electron chi connectivity index (χ4n) is 2.35. The van der Waals surface area contributed by atoms with E-state index in [1.165, 1.54) is 22.5 Å². The minimum atomic E-state index is -0.222. The molecule has 118 valence electrons. The molecule has 1 heterocycles. The molecule has 0 fully saturated rings. The van der Waals surface area contributed by atoms with E-state index in [1.807, 2.05) is 13.0 Å². The average Bonchev–Trinajstić information content (AvgIpc) is 2.96. The fourth-order valence-corrected chi connectivity index (χ4v) is 3.22. The van der Waals surface area contributed by atoms with Crippen LogP contribution >= 0.6 is 11.3 Å². The van der Waals surface area contributed by atoms with Crippen LogP contribution in [0.1, 0.15) is 21.5 Å². The molecule has 1 amide bonds. The van der Waals surface area contributed by atoms with E-state index >= 15 is 0 Å². The number of benzene rings is 2. The zero-order chi connectivity index (χ0) is 16.4. The average molecular weight is 327 g/mol. The second-order valence-corrected chi connectivity index (χ2v) is 6.26. The summed E-state index contributed by atoms with van der Waals surface area (Å²) < 4.78 is 6.20. The van der Waals surface area contributed by atoms with Crippen molar-refractivity contribution in [1.29, 1.82) is 0 Å². The van der Waals surface area contributed by atoms with Crippen molar-refractivity contribution < 1.29 is 9.53 Å². The van der Waals surface area contributed by atoms with Crippen LogP contribution in [0, 0.1) is 13.8 Å². The summed E-state index contributed by atoms with van der Waals surface area (Å²) >= 11 is 1.52. The molecule has 2 N–H and O–H groups in total. The van der Waals surface area contributed by atoms with Crippen molar-refractivity contribution >= 4 is 32.6 Å². The van der Waals surface area contributed by atoms with Crippen LogP contribution in [-0.4, -0.2) is 18.0 Å². The van der Waals surface area contributed by atoms with Crippen molar-refractivity contribution in [2.45, 2.75) is 13.8 Å². The van der Waals surface area contributed by atoms with E-state index in [2.05, 4.69) is 28.8 Å². The van der Waals surface area contributed by atoms with E-state index in [4.69, 9.17) is 4.74 Å². The number of hydrogen-bond acceptors (Lipinski definition) is 5. The number of amides is 1. The first-order valence-corrected chi connectivity index (χ1v) is 7.96. The molecule has 0 spiro atoms. The second-order valence-electron chi connectivity index (χ2n) is 5.26. The molecule has 0 aliphatic heterocycles. The number of carbonyl (C=O) groups excluding carboxylic acids is 1. The standard InChI is InChI=1S/C17H17N3O2S/c1-10-8-11(2)15-14(9-10)18-17(23-15)20-19-16(21)12-4-6-13(22-3)7-5-12/h4-9H,1-3H3,(H,18,20)(H,19,21). The van der Waals surface area contributed by atoms with Gasteiger partial charge in [-0.25, -0.2) is 4.98 Å². The fraction of sp³-hybridized carbons (Fsp3) is 0.176. The summed E-state index contributed by atoms with van der Waals surface area (Å²) in [6.07, 6.45) is 0. The summed E-state index contributed by atoms with van der Waals surface area (Å²) in [7, 11) is 1.59. The van der Waals surface area contributed by atoms with Gasteiger partial charge in [-0.3, -0.25) is 15.6 Å². The number of hydrogen-bond donors (Lipinski definition) is 2. The van der Waals surface area contributed by atoms with Gasteiger partial charge in [-0.1, -0.05) is 17.4 Å². The Morgan fingerprint density at radius 2 is 1.91 bits per heavy atom. The summed E-state index contributed by atoms with van der Waals surface area (Å²) in [5, 5.41) is 0.663. The zero-order valence-corrected chi connectivity index (χ0v) is 14.0. The molecule has 0 atom stereocenters. The van der Waals surface area contributed by atoms with Gasteiger partial charge in [-0.2, -0.15) is 0 Å². The highest BCUT2D eigenvalue weighted by Crippen LogP contribution is 2.29. The van der Waals surface area contributed by atoms with Crippen LogP contribution in [0.3, 0.4) is 0 Å². The van der Waals surface area contributed by atoms with Crippen LogP contribution in [-0.2, 0) is 0 Å². The molecule has 3 rings (SSSR count). The van der Waals surface area contributed by atoms with E-state index in [-0.39, 0.29) is 5.91 Å². The number of methoxy groups -OCH3 is 1. The van der Waals surface area contributed by atoms with Gasteiger partial charge in [0.2, 0.25) is 5.13 Å². The number of thiazole rings is 1. The van der Waals surface area contributed by atoms with Crippen LogP contribution in [0.15, 0.2) is 36.4 Å². The maximum absolute atomic E-state index is 12.1. The highest BCUT2D eigenvalue weighted by atomic mass is 32.1. The van der Waals surface area contributed by atoms with Gasteiger partial charge >= 0.3 is 0 Å². The number of anilines is 1. The Morgan fingerprint density at radius 3 is 2.61 bits per heavy atom. The highest BCUT2D eigenvalue weighted by Gasteiger charge is 2.09. The van der Waals surface area contributed by atoms with Crippen molar-refractivity contribution in [2.24, 2.45) is 0 Å². The first-order chi connectivity index (χ1) is 11.1. The van der Waals surface area contributed by atoms with Gasteiger partial charge in [0.15, 0.2) is 0 Å².